The maximum atomic E-state index is 11.8. The van der Waals surface area contributed by atoms with Gasteiger partial charge in [-0.1, -0.05) is 18.7 Å². The monoisotopic (exact) mass is 229 g/mol. The van der Waals surface area contributed by atoms with Gasteiger partial charge in [0.2, 0.25) is 0 Å². The Balaban J connectivity index is 2.31. The molecule has 0 bridgehead atoms. The highest BCUT2D eigenvalue weighted by molar-refractivity contribution is 5.79. The molecule has 0 spiro atoms. The molecule has 0 radical (unpaired) electrons. The number of fused-ring (bicyclic) bond motifs is 1. The molecule has 2 aromatic rings. The fourth-order valence-electron chi connectivity index (χ4n) is 1.58. The van der Waals surface area contributed by atoms with Gasteiger partial charge >= 0.3 is 0 Å². The van der Waals surface area contributed by atoms with Crippen LogP contribution in [0.25, 0.3) is 10.9 Å². The third-order valence-electron chi connectivity index (χ3n) is 2.55. The van der Waals surface area contributed by atoms with Crippen LogP contribution < -0.4 is 16.5 Å². The molecule has 4 N–H and O–H groups in total. The number of pyridine rings is 1. The topological polar surface area (TPSA) is 70.9 Å². The molecule has 0 fully saturated rings. The Morgan fingerprint density at radius 2 is 2.18 bits per heavy atom. The molecule has 0 unspecified atom stereocenters. The lowest BCUT2D eigenvalue weighted by atomic mass is 10.2. The smallest absolute Gasteiger partial charge is 0.191 e. The first kappa shape index (κ1) is 11.4. The second-order valence-electron chi connectivity index (χ2n) is 3.90. The number of hydrogen-bond donors (Lipinski definition) is 3. The minimum absolute atomic E-state index is 0.000195. The summed E-state index contributed by atoms with van der Waals surface area (Å²) in [6, 6.07) is 8.96. The van der Waals surface area contributed by atoms with E-state index in [0.717, 1.165) is 11.1 Å². The van der Waals surface area contributed by atoms with Crippen molar-refractivity contribution >= 4 is 16.7 Å². The third-order valence-corrected chi connectivity index (χ3v) is 2.55. The summed E-state index contributed by atoms with van der Waals surface area (Å²) in [6.07, 6.45) is 0. The Hall–Kier alpha value is -2.07. The maximum absolute atomic E-state index is 11.8. The van der Waals surface area contributed by atoms with Crippen molar-refractivity contribution in [3.63, 3.8) is 0 Å². The van der Waals surface area contributed by atoms with E-state index in [1.54, 1.807) is 12.1 Å². The molecular formula is C13H15N3O. The van der Waals surface area contributed by atoms with Gasteiger partial charge in [-0.2, -0.15) is 0 Å². The molecule has 0 atom stereocenters. The molecule has 0 aliphatic heterocycles. The minimum Gasteiger partial charge on any atom is -0.368 e. The highest BCUT2D eigenvalue weighted by Gasteiger charge is 2.00. The van der Waals surface area contributed by atoms with Crippen LogP contribution in [0.3, 0.4) is 0 Å². The minimum atomic E-state index is 0.000195. The molecule has 1 heterocycles. The number of rotatable bonds is 4. The number of nitrogens with one attached hydrogen (secondary N) is 2. The molecule has 17 heavy (non-hydrogen) atoms. The van der Waals surface area contributed by atoms with Crippen LogP contribution in [0, 0.1) is 0 Å². The molecule has 2 rings (SSSR count). The zero-order chi connectivity index (χ0) is 12.3. The lowest BCUT2D eigenvalue weighted by Gasteiger charge is -2.08. The first-order valence-corrected chi connectivity index (χ1v) is 5.43. The summed E-state index contributed by atoms with van der Waals surface area (Å²) in [4.78, 5) is 15.0. The van der Waals surface area contributed by atoms with Gasteiger partial charge in [0, 0.05) is 24.5 Å². The largest absolute Gasteiger partial charge is 0.368 e. The van der Waals surface area contributed by atoms with E-state index in [4.69, 9.17) is 5.73 Å². The van der Waals surface area contributed by atoms with Crippen LogP contribution in [0.4, 0.5) is 5.82 Å². The number of hydrogen-bond acceptors (Lipinski definition) is 3. The summed E-state index contributed by atoms with van der Waals surface area (Å²) in [5, 5.41) is 3.78. The number of aromatic nitrogens is 1. The van der Waals surface area contributed by atoms with E-state index < -0.39 is 0 Å². The molecular weight excluding hydrogens is 214 g/mol. The second kappa shape index (κ2) is 4.84. The van der Waals surface area contributed by atoms with E-state index in [2.05, 4.69) is 16.9 Å². The van der Waals surface area contributed by atoms with Gasteiger partial charge in [-0.25, -0.2) is 0 Å². The van der Waals surface area contributed by atoms with E-state index in [1.807, 2.05) is 18.2 Å². The molecule has 0 amide bonds. The van der Waals surface area contributed by atoms with Gasteiger partial charge in [0.1, 0.15) is 5.82 Å². The number of aromatic amines is 1. The molecule has 0 saturated heterocycles. The van der Waals surface area contributed by atoms with Crippen molar-refractivity contribution in [2.75, 3.05) is 18.4 Å². The van der Waals surface area contributed by atoms with Crippen molar-refractivity contribution in [1.82, 2.24) is 4.98 Å². The van der Waals surface area contributed by atoms with Crippen LogP contribution in [0.5, 0.6) is 0 Å². The third kappa shape index (κ3) is 2.54. The summed E-state index contributed by atoms with van der Waals surface area (Å²) < 4.78 is 0. The van der Waals surface area contributed by atoms with Crippen LogP contribution >= 0.6 is 0 Å². The standard InChI is InChI=1S/C13H15N3O/c1-9(7-14)8-15-13-6-12(17)10-4-2-3-5-11(10)16-13/h2-6H,1,7-8,14H2,(H2,15,16,17). The quantitative estimate of drug-likeness (QED) is 0.695. The highest BCUT2D eigenvalue weighted by Crippen LogP contribution is 2.10. The first-order chi connectivity index (χ1) is 8.20. The summed E-state index contributed by atoms with van der Waals surface area (Å²) in [6.45, 7) is 4.79. The summed E-state index contributed by atoms with van der Waals surface area (Å²) >= 11 is 0. The van der Waals surface area contributed by atoms with Crippen LogP contribution in [0.1, 0.15) is 0 Å². The van der Waals surface area contributed by atoms with Crippen LogP contribution in [0.15, 0.2) is 47.3 Å². The lowest BCUT2D eigenvalue weighted by Crippen LogP contribution is -2.14. The number of para-hydroxylation sites is 1. The molecule has 1 aromatic heterocycles. The number of H-pyrrole nitrogens is 1. The number of anilines is 1. The highest BCUT2D eigenvalue weighted by atomic mass is 16.1. The molecule has 1 aromatic carbocycles. The summed E-state index contributed by atoms with van der Waals surface area (Å²) in [5.74, 6) is 0.684. The molecule has 4 nitrogen and oxygen atoms in total. The Kier molecular flexibility index (Phi) is 3.25. The normalized spacial score (nSPS) is 10.4. The van der Waals surface area contributed by atoms with Gasteiger partial charge in [0.15, 0.2) is 5.43 Å². The van der Waals surface area contributed by atoms with Crippen molar-refractivity contribution in [3.05, 3.63) is 52.7 Å². The maximum Gasteiger partial charge on any atom is 0.191 e. The Morgan fingerprint density at radius 3 is 2.94 bits per heavy atom. The average molecular weight is 229 g/mol. The van der Waals surface area contributed by atoms with Gasteiger partial charge in [-0.3, -0.25) is 4.79 Å². The van der Waals surface area contributed by atoms with Crippen molar-refractivity contribution in [1.29, 1.82) is 0 Å². The van der Waals surface area contributed by atoms with E-state index >= 15 is 0 Å². The van der Waals surface area contributed by atoms with E-state index in [-0.39, 0.29) is 5.43 Å². The van der Waals surface area contributed by atoms with Crippen LogP contribution in [-0.4, -0.2) is 18.1 Å². The predicted molar refractivity (Wildman–Crippen MR) is 71.3 cm³/mol. The molecule has 4 heteroatoms. The first-order valence-electron chi connectivity index (χ1n) is 5.43. The molecule has 0 saturated carbocycles. The lowest BCUT2D eigenvalue weighted by molar-refractivity contribution is 1.07. The molecule has 88 valence electrons. The van der Waals surface area contributed by atoms with E-state index in [9.17, 15) is 4.79 Å². The van der Waals surface area contributed by atoms with Crippen molar-refractivity contribution < 1.29 is 0 Å². The average Bonchev–Trinajstić information content (AvgIpc) is 2.36. The van der Waals surface area contributed by atoms with Gasteiger partial charge in [-0.05, 0) is 17.7 Å². The zero-order valence-corrected chi connectivity index (χ0v) is 9.49. The zero-order valence-electron chi connectivity index (χ0n) is 9.49. The Morgan fingerprint density at radius 1 is 1.41 bits per heavy atom. The van der Waals surface area contributed by atoms with E-state index in [0.29, 0.717) is 24.3 Å². The fraction of sp³-hybridized carbons (Fsp3) is 0.154. The van der Waals surface area contributed by atoms with E-state index in [1.165, 1.54) is 0 Å². The number of benzene rings is 1. The van der Waals surface area contributed by atoms with Crippen LogP contribution in [-0.2, 0) is 0 Å². The van der Waals surface area contributed by atoms with Crippen molar-refractivity contribution in [2.24, 2.45) is 5.73 Å². The predicted octanol–water partition coefficient (Wildman–Crippen LogP) is 1.45. The van der Waals surface area contributed by atoms with Gasteiger partial charge in [0.25, 0.3) is 0 Å². The van der Waals surface area contributed by atoms with Gasteiger partial charge < -0.3 is 16.0 Å². The van der Waals surface area contributed by atoms with Gasteiger partial charge in [-0.15, -0.1) is 0 Å². The Labute approximate surface area is 99.2 Å². The molecule has 0 aliphatic carbocycles. The summed E-state index contributed by atoms with van der Waals surface area (Å²) in [7, 11) is 0. The number of nitrogens with two attached hydrogens (primary N) is 1. The van der Waals surface area contributed by atoms with Crippen LogP contribution in [0.2, 0.25) is 0 Å². The second-order valence-corrected chi connectivity index (χ2v) is 3.90. The molecule has 0 aliphatic rings. The van der Waals surface area contributed by atoms with Crippen molar-refractivity contribution in [2.45, 2.75) is 0 Å². The Bertz CT molecular complexity index is 601. The SMILES string of the molecule is C=C(CN)CNc1cc(=O)c2ccccc2[nH]1. The summed E-state index contributed by atoms with van der Waals surface area (Å²) in [5.41, 5.74) is 7.15. The fourth-order valence-corrected chi connectivity index (χ4v) is 1.58. The van der Waals surface area contributed by atoms with Gasteiger partial charge in [0.05, 0.1) is 5.52 Å². The van der Waals surface area contributed by atoms with Crippen molar-refractivity contribution in [3.8, 4) is 0 Å².